The smallest absolute Gasteiger partial charge is 0.422 e. The van der Waals surface area contributed by atoms with E-state index in [2.05, 4.69) is 4.74 Å². The largest absolute Gasteiger partial charge is 0.449 e. The lowest BCUT2D eigenvalue weighted by atomic mass is 10.2. The van der Waals surface area contributed by atoms with Gasteiger partial charge in [0.15, 0.2) is 0 Å². The van der Waals surface area contributed by atoms with Gasteiger partial charge in [-0.1, -0.05) is 11.6 Å². The third-order valence-corrected chi connectivity index (χ3v) is 3.69. The van der Waals surface area contributed by atoms with Crippen molar-refractivity contribution in [1.82, 2.24) is 10.3 Å². The van der Waals surface area contributed by atoms with Gasteiger partial charge < -0.3 is 4.74 Å². The van der Waals surface area contributed by atoms with Gasteiger partial charge in [0.1, 0.15) is 0 Å². The van der Waals surface area contributed by atoms with Crippen LogP contribution in [-0.4, -0.2) is 21.1 Å². The second kappa shape index (κ2) is 6.50. The third kappa shape index (κ3) is 4.76. The van der Waals surface area contributed by atoms with Gasteiger partial charge in [-0.3, -0.25) is 0 Å². The molecule has 0 radical (unpaired) electrons. The first-order valence-electron chi connectivity index (χ1n) is 5.39. The Hall–Kier alpha value is -1.52. The van der Waals surface area contributed by atoms with E-state index in [0.717, 1.165) is 12.1 Å². The Bertz CT molecular complexity index is 634. The van der Waals surface area contributed by atoms with Gasteiger partial charge >= 0.3 is 12.3 Å². The molecule has 0 bridgehead atoms. The summed E-state index contributed by atoms with van der Waals surface area (Å²) >= 11 is 5.37. The van der Waals surface area contributed by atoms with Gasteiger partial charge in [-0.2, -0.15) is 13.2 Å². The molecule has 11 heteroatoms. The van der Waals surface area contributed by atoms with E-state index < -0.39 is 37.8 Å². The van der Waals surface area contributed by atoms with Crippen molar-refractivity contribution in [2.24, 2.45) is 0 Å². The van der Waals surface area contributed by atoms with E-state index in [9.17, 15) is 26.4 Å². The summed E-state index contributed by atoms with van der Waals surface area (Å²) in [6.07, 6.45) is -5.90. The van der Waals surface area contributed by atoms with E-state index >= 15 is 0 Å². The molecular weight excluding hydrogens is 337 g/mol. The number of benzene rings is 1. The van der Waals surface area contributed by atoms with Gasteiger partial charge in [0.25, 0.3) is 10.0 Å². The van der Waals surface area contributed by atoms with E-state index in [4.69, 9.17) is 11.6 Å². The van der Waals surface area contributed by atoms with Gasteiger partial charge in [0.2, 0.25) is 0 Å². The highest BCUT2D eigenvalue weighted by Gasteiger charge is 2.34. The number of hydrogen-bond acceptors (Lipinski definition) is 4. The number of rotatable bonds is 4. The lowest BCUT2D eigenvalue weighted by Gasteiger charge is -2.12. The summed E-state index contributed by atoms with van der Waals surface area (Å²) in [6, 6.07) is 2.02. The normalized spacial score (nSPS) is 12.0. The number of hydrazine groups is 1. The Morgan fingerprint density at radius 3 is 2.52 bits per heavy atom. The number of ether oxygens (including phenoxy) is 1. The predicted molar refractivity (Wildman–Crippen MR) is 66.9 cm³/mol. The highest BCUT2D eigenvalue weighted by atomic mass is 35.5. The van der Waals surface area contributed by atoms with E-state index in [1.54, 1.807) is 10.3 Å². The summed E-state index contributed by atoms with van der Waals surface area (Å²) in [6.45, 7) is 1.48. The summed E-state index contributed by atoms with van der Waals surface area (Å²) in [5.41, 5.74) is 0.379. The van der Waals surface area contributed by atoms with Gasteiger partial charge in [-0.25, -0.2) is 18.6 Å². The van der Waals surface area contributed by atoms with Crippen molar-refractivity contribution >= 4 is 27.7 Å². The monoisotopic (exact) mass is 346 g/mol. The van der Waals surface area contributed by atoms with Crippen molar-refractivity contribution in [3.8, 4) is 0 Å². The van der Waals surface area contributed by atoms with Crippen LogP contribution in [0.4, 0.5) is 18.0 Å². The van der Waals surface area contributed by atoms with Crippen molar-refractivity contribution in [2.45, 2.75) is 18.0 Å². The minimum Gasteiger partial charge on any atom is -0.449 e. The Morgan fingerprint density at radius 2 is 2.00 bits per heavy atom. The van der Waals surface area contributed by atoms with Crippen molar-refractivity contribution in [3.63, 3.8) is 0 Å². The van der Waals surface area contributed by atoms with E-state index in [-0.39, 0.29) is 6.61 Å². The average Bonchev–Trinajstić information content (AvgIpc) is 2.36. The topological polar surface area (TPSA) is 84.5 Å². The lowest BCUT2D eigenvalue weighted by Crippen LogP contribution is -2.41. The van der Waals surface area contributed by atoms with Crippen LogP contribution < -0.4 is 10.3 Å². The fraction of sp³-hybridized carbons (Fsp3) is 0.300. The van der Waals surface area contributed by atoms with E-state index in [1.807, 2.05) is 0 Å². The molecule has 21 heavy (non-hydrogen) atoms. The van der Waals surface area contributed by atoms with Crippen LogP contribution in [-0.2, 0) is 20.9 Å². The molecule has 1 rings (SSSR count). The molecule has 1 amide bonds. The first kappa shape index (κ1) is 17.5. The summed E-state index contributed by atoms with van der Waals surface area (Å²) in [4.78, 5) is 11.8. The third-order valence-electron chi connectivity index (χ3n) is 2.12. The van der Waals surface area contributed by atoms with E-state index in [1.165, 1.54) is 6.92 Å². The summed E-state index contributed by atoms with van der Waals surface area (Å²) < 4.78 is 65.8. The maximum Gasteiger partial charge on any atom is 0.422 e. The average molecular weight is 347 g/mol. The van der Waals surface area contributed by atoms with Gasteiger partial charge in [-0.15, -0.1) is 4.83 Å². The quantitative estimate of drug-likeness (QED) is 0.819. The molecule has 0 aliphatic rings. The van der Waals surface area contributed by atoms with Crippen LogP contribution in [0.25, 0.3) is 0 Å². The van der Waals surface area contributed by atoms with Crippen molar-refractivity contribution in [3.05, 3.63) is 28.8 Å². The standard InChI is InChI=1S/C10H10ClF3N2O4S/c1-2-20-9(17)15-16-21(18,19)6-3-4-8(11)7(5-6)10(12,13)14/h3-5,16H,2H2,1H3,(H,15,17). The number of hydrogen-bond donors (Lipinski definition) is 2. The summed E-state index contributed by atoms with van der Waals surface area (Å²) in [7, 11) is -4.39. The molecule has 0 aliphatic heterocycles. The number of carbonyl (C=O) groups is 1. The molecule has 0 aromatic heterocycles. The second-order valence-electron chi connectivity index (χ2n) is 3.59. The predicted octanol–water partition coefficient (Wildman–Crippen LogP) is 2.30. The van der Waals surface area contributed by atoms with Crippen LogP contribution in [0.3, 0.4) is 0 Å². The molecule has 0 spiro atoms. The van der Waals surface area contributed by atoms with Crippen LogP contribution in [0.1, 0.15) is 12.5 Å². The van der Waals surface area contributed by atoms with E-state index in [0.29, 0.717) is 6.07 Å². The molecule has 2 N–H and O–H groups in total. The maximum atomic E-state index is 12.6. The molecule has 0 saturated carbocycles. The van der Waals surface area contributed by atoms with Gasteiger partial charge in [0.05, 0.1) is 22.1 Å². The van der Waals surface area contributed by atoms with Crippen LogP contribution in [0.5, 0.6) is 0 Å². The number of sulfonamides is 1. The molecule has 0 heterocycles. The molecule has 1 aromatic rings. The fourth-order valence-corrected chi connectivity index (χ4v) is 2.30. The Balaban J connectivity index is 3.02. The minimum absolute atomic E-state index is 0.00721. The molecule has 0 saturated heterocycles. The van der Waals surface area contributed by atoms with Gasteiger partial charge in [0, 0.05) is 0 Å². The first-order valence-corrected chi connectivity index (χ1v) is 7.25. The molecule has 0 fully saturated rings. The number of halogens is 4. The fourth-order valence-electron chi connectivity index (χ4n) is 1.22. The zero-order valence-corrected chi connectivity index (χ0v) is 12.1. The van der Waals surface area contributed by atoms with Crippen LogP contribution >= 0.6 is 11.6 Å². The Labute approximate surface area is 123 Å². The van der Waals surface area contributed by atoms with Crippen LogP contribution in [0, 0.1) is 0 Å². The highest BCUT2D eigenvalue weighted by Crippen LogP contribution is 2.35. The maximum absolute atomic E-state index is 12.6. The van der Waals surface area contributed by atoms with Gasteiger partial charge in [-0.05, 0) is 25.1 Å². The zero-order valence-electron chi connectivity index (χ0n) is 10.5. The van der Waals surface area contributed by atoms with Crippen molar-refractivity contribution in [1.29, 1.82) is 0 Å². The number of amides is 1. The molecule has 1 aromatic carbocycles. The number of alkyl halides is 3. The molecule has 6 nitrogen and oxygen atoms in total. The molecular formula is C10H10ClF3N2O4S. The molecule has 0 atom stereocenters. The van der Waals surface area contributed by atoms with Crippen molar-refractivity contribution < 1.29 is 31.1 Å². The molecule has 118 valence electrons. The molecule has 0 aliphatic carbocycles. The Kier molecular flexibility index (Phi) is 5.42. The minimum atomic E-state index is -4.81. The Morgan fingerprint density at radius 1 is 1.38 bits per heavy atom. The lowest BCUT2D eigenvalue weighted by molar-refractivity contribution is -0.137. The molecule has 0 unspecified atom stereocenters. The first-order chi connectivity index (χ1) is 9.58. The SMILES string of the molecule is CCOC(=O)NNS(=O)(=O)c1ccc(Cl)c(C(F)(F)F)c1. The second-order valence-corrected chi connectivity index (χ2v) is 5.68. The number of carbonyl (C=O) groups excluding carboxylic acids is 1. The summed E-state index contributed by atoms with van der Waals surface area (Å²) in [5, 5.41) is -0.639. The zero-order chi connectivity index (χ0) is 16.3. The highest BCUT2D eigenvalue weighted by molar-refractivity contribution is 7.89. The van der Waals surface area contributed by atoms with Crippen LogP contribution in [0.15, 0.2) is 23.1 Å². The number of nitrogens with one attached hydrogen (secondary N) is 2. The van der Waals surface area contributed by atoms with Crippen molar-refractivity contribution in [2.75, 3.05) is 6.61 Å². The summed E-state index contributed by atoms with van der Waals surface area (Å²) in [5.74, 6) is 0. The van der Waals surface area contributed by atoms with Crippen LogP contribution in [0.2, 0.25) is 5.02 Å².